The molecule has 2 N–H and O–H groups in total. The fourth-order valence-corrected chi connectivity index (χ4v) is 1.96. The molecule has 3 nitrogen and oxygen atoms in total. The predicted molar refractivity (Wildman–Crippen MR) is 63.6 cm³/mol. The molecule has 1 heterocycles. The Balaban J connectivity index is 2.81. The molecule has 0 saturated heterocycles. The van der Waals surface area contributed by atoms with Crippen molar-refractivity contribution < 1.29 is 0 Å². The van der Waals surface area contributed by atoms with Crippen molar-refractivity contribution in [3.05, 3.63) is 30.1 Å². The maximum absolute atomic E-state index is 5.67. The number of hydrogen-bond acceptors (Lipinski definition) is 3. The molecule has 0 spiro atoms. The molecule has 1 unspecified atom stereocenters. The van der Waals surface area contributed by atoms with Crippen LogP contribution in [0, 0.1) is 0 Å². The number of rotatable bonds is 6. The van der Waals surface area contributed by atoms with Crippen LogP contribution in [0.5, 0.6) is 0 Å². The molecule has 0 saturated carbocycles. The molecule has 0 aliphatic heterocycles. The molecule has 0 aliphatic rings. The van der Waals surface area contributed by atoms with Gasteiger partial charge in [-0.2, -0.15) is 0 Å². The van der Waals surface area contributed by atoms with Crippen LogP contribution < -0.4 is 5.73 Å². The van der Waals surface area contributed by atoms with Gasteiger partial charge in [0.25, 0.3) is 0 Å². The van der Waals surface area contributed by atoms with Crippen LogP contribution in [0.25, 0.3) is 0 Å². The van der Waals surface area contributed by atoms with E-state index in [1.807, 2.05) is 18.5 Å². The van der Waals surface area contributed by atoms with Gasteiger partial charge in [-0.15, -0.1) is 0 Å². The monoisotopic (exact) mass is 207 g/mol. The third-order valence-electron chi connectivity index (χ3n) is 2.76. The molecule has 1 aromatic rings. The topological polar surface area (TPSA) is 42.1 Å². The Bertz CT molecular complexity index is 257. The minimum atomic E-state index is 0.415. The first kappa shape index (κ1) is 12.1. The smallest absolute Gasteiger partial charge is 0.0375 e. The lowest BCUT2D eigenvalue weighted by atomic mass is 10.0. The van der Waals surface area contributed by atoms with E-state index in [1.54, 1.807) is 0 Å². The summed E-state index contributed by atoms with van der Waals surface area (Å²) in [6.07, 6.45) is 4.75. The van der Waals surface area contributed by atoms with Crippen molar-refractivity contribution in [3.8, 4) is 0 Å². The van der Waals surface area contributed by atoms with Crippen molar-refractivity contribution in [3.63, 3.8) is 0 Å². The zero-order valence-electron chi connectivity index (χ0n) is 9.69. The Morgan fingerprint density at radius 1 is 1.40 bits per heavy atom. The molecule has 0 aliphatic carbocycles. The lowest BCUT2D eigenvalue weighted by Gasteiger charge is -2.29. The molecule has 15 heavy (non-hydrogen) atoms. The highest BCUT2D eigenvalue weighted by Gasteiger charge is 2.16. The first-order valence-electron chi connectivity index (χ1n) is 5.67. The van der Waals surface area contributed by atoms with E-state index in [1.165, 1.54) is 5.56 Å². The second-order valence-electron chi connectivity index (χ2n) is 3.60. The van der Waals surface area contributed by atoms with Crippen molar-refractivity contribution in [1.29, 1.82) is 0 Å². The van der Waals surface area contributed by atoms with Crippen molar-refractivity contribution in [2.45, 2.75) is 26.3 Å². The number of nitrogens with zero attached hydrogens (tertiary/aromatic N) is 2. The van der Waals surface area contributed by atoms with Gasteiger partial charge in [0.1, 0.15) is 0 Å². The van der Waals surface area contributed by atoms with E-state index < -0.39 is 0 Å². The van der Waals surface area contributed by atoms with E-state index in [2.05, 4.69) is 29.8 Å². The Kier molecular flexibility index (Phi) is 5.29. The normalized spacial score (nSPS) is 13.1. The molecule has 0 amide bonds. The molecule has 0 aromatic carbocycles. The Labute approximate surface area is 92.3 Å². The summed E-state index contributed by atoms with van der Waals surface area (Å²) in [4.78, 5) is 6.59. The van der Waals surface area contributed by atoms with Gasteiger partial charge in [0.05, 0.1) is 0 Å². The fraction of sp³-hybridized carbons (Fsp3) is 0.583. The van der Waals surface area contributed by atoms with Crippen LogP contribution in [0.1, 0.15) is 31.9 Å². The summed E-state index contributed by atoms with van der Waals surface area (Å²) in [5, 5.41) is 0. The molecule has 0 fully saturated rings. The Morgan fingerprint density at radius 2 is 2.13 bits per heavy atom. The quantitative estimate of drug-likeness (QED) is 0.773. The zero-order valence-corrected chi connectivity index (χ0v) is 9.69. The van der Waals surface area contributed by atoms with Crippen LogP contribution in [0.4, 0.5) is 0 Å². The third kappa shape index (κ3) is 3.29. The lowest BCUT2D eigenvalue weighted by Crippen LogP contribution is -2.30. The maximum atomic E-state index is 5.67. The summed E-state index contributed by atoms with van der Waals surface area (Å²) in [6, 6.07) is 4.53. The molecule has 1 atom stereocenters. The fourth-order valence-electron chi connectivity index (χ4n) is 1.96. The van der Waals surface area contributed by atoms with Gasteiger partial charge >= 0.3 is 0 Å². The second kappa shape index (κ2) is 6.53. The van der Waals surface area contributed by atoms with Crippen LogP contribution >= 0.6 is 0 Å². The number of nitrogens with two attached hydrogens (primary N) is 1. The van der Waals surface area contributed by atoms with E-state index in [4.69, 9.17) is 5.73 Å². The minimum Gasteiger partial charge on any atom is -0.330 e. The van der Waals surface area contributed by atoms with Crippen LogP contribution in [-0.4, -0.2) is 29.5 Å². The third-order valence-corrected chi connectivity index (χ3v) is 2.76. The second-order valence-corrected chi connectivity index (χ2v) is 3.60. The first-order valence-corrected chi connectivity index (χ1v) is 5.67. The molecular weight excluding hydrogens is 186 g/mol. The summed E-state index contributed by atoms with van der Waals surface area (Å²) < 4.78 is 0. The van der Waals surface area contributed by atoms with E-state index >= 15 is 0 Å². The van der Waals surface area contributed by atoms with Crippen molar-refractivity contribution in [1.82, 2.24) is 9.88 Å². The van der Waals surface area contributed by atoms with Crippen molar-refractivity contribution in [2.24, 2.45) is 5.73 Å². The van der Waals surface area contributed by atoms with Crippen molar-refractivity contribution in [2.75, 3.05) is 19.6 Å². The van der Waals surface area contributed by atoms with Gasteiger partial charge < -0.3 is 5.73 Å². The summed E-state index contributed by atoms with van der Waals surface area (Å²) >= 11 is 0. The van der Waals surface area contributed by atoms with Gasteiger partial charge in [-0.05, 0) is 37.7 Å². The van der Waals surface area contributed by atoms with E-state index in [0.717, 1.165) is 26.1 Å². The zero-order chi connectivity index (χ0) is 11.1. The van der Waals surface area contributed by atoms with Crippen LogP contribution in [0.15, 0.2) is 24.5 Å². The average Bonchev–Trinajstić information content (AvgIpc) is 2.30. The SMILES string of the molecule is CCN(CC)C(CCN)c1cccnc1. The molecular formula is C12H21N3. The molecule has 84 valence electrons. The van der Waals surface area contributed by atoms with Crippen LogP contribution in [0.3, 0.4) is 0 Å². The molecule has 3 heteroatoms. The van der Waals surface area contributed by atoms with Gasteiger partial charge in [0.15, 0.2) is 0 Å². The summed E-state index contributed by atoms with van der Waals surface area (Å²) in [6.45, 7) is 7.19. The van der Waals surface area contributed by atoms with Crippen LogP contribution in [-0.2, 0) is 0 Å². The van der Waals surface area contributed by atoms with E-state index in [0.29, 0.717) is 6.04 Å². The molecule has 0 bridgehead atoms. The number of aromatic nitrogens is 1. The Hall–Kier alpha value is -0.930. The number of hydrogen-bond donors (Lipinski definition) is 1. The predicted octanol–water partition coefficient (Wildman–Crippen LogP) is 1.81. The summed E-state index contributed by atoms with van der Waals surface area (Å²) in [7, 11) is 0. The molecule has 1 rings (SSSR count). The van der Waals surface area contributed by atoms with Crippen LogP contribution in [0.2, 0.25) is 0 Å². The molecule has 0 radical (unpaired) electrons. The highest BCUT2D eigenvalue weighted by Crippen LogP contribution is 2.22. The van der Waals surface area contributed by atoms with Gasteiger partial charge in [0.2, 0.25) is 0 Å². The largest absolute Gasteiger partial charge is 0.330 e. The highest BCUT2D eigenvalue weighted by molar-refractivity contribution is 5.14. The van der Waals surface area contributed by atoms with Gasteiger partial charge in [-0.1, -0.05) is 19.9 Å². The lowest BCUT2D eigenvalue weighted by molar-refractivity contribution is 0.210. The van der Waals surface area contributed by atoms with Crippen molar-refractivity contribution >= 4 is 0 Å². The standard InChI is InChI=1S/C12H21N3/c1-3-15(4-2)12(7-8-13)11-6-5-9-14-10-11/h5-6,9-10,12H,3-4,7-8,13H2,1-2H3. The maximum Gasteiger partial charge on any atom is 0.0375 e. The minimum absolute atomic E-state index is 0.415. The molecule has 1 aromatic heterocycles. The first-order chi connectivity index (χ1) is 7.33. The average molecular weight is 207 g/mol. The summed E-state index contributed by atoms with van der Waals surface area (Å²) in [5.74, 6) is 0. The van der Waals surface area contributed by atoms with E-state index in [9.17, 15) is 0 Å². The van der Waals surface area contributed by atoms with Gasteiger partial charge in [0, 0.05) is 18.4 Å². The van der Waals surface area contributed by atoms with E-state index in [-0.39, 0.29) is 0 Å². The highest BCUT2D eigenvalue weighted by atomic mass is 15.1. The number of pyridine rings is 1. The van der Waals surface area contributed by atoms with Gasteiger partial charge in [-0.3, -0.25) is 9.88 Å². The van der Waals surface area contributed by atoms with Gasteiger partial charge in [-0.25, -0.2) is 0 Å². The Morgan fingerprint density at radius 3 is 2.60 bits per heavy atom. The summed E-state index contributed by atoms with van der Waals surface area (Å²) in [5.41, 5.74) is 6.94.